The molecule has 0 saturated carbocycles. The van der Waals surface area contributed by atoms with E-state index in [0.717, 1.165) is 0 Å². The zero-order chi connectivity index (χ0) is 17.5. The number of aliphatic imine (C=N–C) groups is 1. The fraction of sp³-hybridized carbons (Fsp3) is 0.176. The number of methoxy groups -OCH3 is 1. The minimum absolute atomic E-state index is 0.0581. The number of nitrogens with zero attached hydrogens (tertiary/aromatic N) is 2. The number of hydrazone groups is 1. The van der Waals surface area contributed by atoms with Gasteiger partial charge in [-0.2, -0.15) is 5.10 Å². The number of amides is 1. The molecule has 2 rings (SSSR count). The number of hydrogen-bond donors (Lipinski definition) is 2. The molecule has 1 aliphatic heterocycles. The van der Waals surface area contributed by atoms with Crippen LogP contribution in [0.3, 0.4) is 0 Å². The standard InChI is InChI=1S/C17H18N4O3/c1-4-6-13(18-7-5-2)16(22)20-15-8-11-10-19-21-14(11)9-12(15)17(23)24-3/h4-11,14,21H,1-2H2,3H3,(H,20,22)/b13-6-,18-7-. The molecule has 2 N–H and O–H groups in total. The molecule has 0 saturated heterocycles. The van der Waals surface area contributed by atoms with E-state index >= 15 is 0 Å². The summed E-state index contributed by atoms with van der Waals surface area (Å²) in [5.74, 6) is -1.08. The second kappa shape index (κ2) is 7.87. The van der Waals surface area contributed by atoms with Crippen LogP contribution in [0.1, 0.15) is 0 Å². The third-order valence-electron chi connectivity index (χ3n) is 3.36. The predicted octanol–water partition coefficient (Wildman–Crippen LogP) is 1.000. The summed E-state index contributed by atoms with van der Waals surface area (Å²) in [7, 11) is 1.28. The Balaban J connectivity index is 2.27. The van der Waals surface area contributed by atoms with Crippen LogP contribution in [0.5, 0.6) is 0 Å². The molecule has 1 aliphatic carbocycles. The lowest BCUT2D eigenvalue weighted by Gasteiger charge is -2.22. The van der Waals surface area contributed by atoms with Crippen LogP contribution in [-0.2, 0) is 14.3 Å². The van der Waals surface area contributed by atoms with Crippen molar-refractivity contribution in [2.75, 3.05) is 7.11 Å². The van der Waals surface area contributed by atoms with Crippen LogP contribution in [-0.4, -0.2) is 37.5 Å². The van der Waals surface area contributed by atoms with Crippen molar-refractivity contribution in [1.82, 2.24) is 10.7 Å². The van der Waals surface area contributed by atoms with Crippen LogP contribution in [0.4, 0.5) is 0 Å². The van der Waals surface area contributed by atoms with Crippen molar-refractivity contribution in [3.63, 3.8) is 0 Å². The molecule has 0 bridgehead atoms. The molecule has 2 atom stereocenters. The van der Waals surface area contributed by atoms with Crippen LogP contribution in [0.2, 0.25) is 0 Å². The molecule has 2 unspecified atom stereocenters. The van der Waals surface area contributed by atoms with Crippen molar-refractivity contribution < 1.29 is 14.3 Å². The van der Waals surface area contributed by atoms with Gasteiger partial charge in [0.25, 0.3) is 5.91 Å². The number of ether oxygens (including phenoxy) is 1. The van der Waals surface area contributed by atoms with Gasteiger partial charge in [-0.3, -0.25) is 9.79 Å². The van der Waals surface area contributed by atoms with Crippen molar-refractivity contribution in [3.8, 4) is 0 Å². The van der Waals surface area contributed by atoms with Crippen LogP contribution in [0.25, 0.3) is 0 Å². The molecular weight excluding hydrogens is 308 g/mol. The molecule has 0 aromatic rings. The first kappa shape index (κ1) is 17.1. The molecule has 0 spiro atoms. The third kappa shape index (κ3) is 3.75. The van der Waals surface area contributed by atoms with Gasteiger partial charge in [-0.15, -0.1) is 0 Å². The first-order chi connectivity index (χ1) is 11.6. The van der Waals surface area contributed by atoms with Crippen LogP contribution < -0.4 is 10.7 Å². The number of nitrogens with one attached hydrogen (secondary N) is 2. The molecule has 2 aliphatic rings. The zero-order valence-electron chi connectivity index (χ0n) is 13.2. The quantitative estimate of drug-likeness (QED) is 0.330. The van der Waals surface area contributed by atoms with Crippen LogP contribution >= 0.6 is 0 Å². The maximum Gasteiger partial charge on any atom is 0.339 e. The Morgan fingerprint density at radius 1 is 1.38 bits per heavy atom. The highest BCUT2D eigenvalue weighted by Gasteiger charge is 2.31. The molecule has 1 amide bonds. The van der Waals surface area contributed by atoms with Gasteiger partial charge in [0.05, 0.1) is 24.4 Å². The lowest BCUT2D eigenvalue weighted by Crippen LogP contribution is -2.35. The van der Waals surface area contributed by atoms with Crippen molar-refractivity contribution >= 4 is 24.3 Å². The predicted molar refractivity (Wildman–Crippen MR) is 92.2 cm³/mol. The molecule has 0 aromatic heterocycles. The Morgan fingerprint density at radius 3 is 2.83 bits per heavy atom. The van der Waals surface area contributed by atoms with Gasteiger partial charge >= 0.3 is 5.97 Å². The summed E-state index contributed by atoms with van der Waals surface area (Å²) in [4.78, 5) is 28.4. The van der Waals surface area contributed by atoms with E-state index in [9.17, 15) is 9.59 Å². The molecule has 0 radical (unpaired) electrons. The summed E-state index contributed by atoms with van der Waals surface area (Å²) >= 11 is 0. The van der Waals surface area contributed by atoms with Gasteiger partial charge in [-0.25, -0.2) is 4.79 Å². The first-order valence-corrected chi connectivity index (χ1v) is 7.21. The zero-order valence-corrected chi connectivity index (χ0v) is 13.2. The van der Waals surface area contributed by atoms with Gasteiger partial charge in [0.1, 0.15) is 5.70 Å². The number of carbonyl (C=O) groups is 2. The van der Waals surface area contributed by atoms with E-state index in [1.165, 1.54) is 31.6 Å². The average Bonchev–Trinajstić information content (AvgIpc) is 3.04. The van der Waals surface area contributed by atoms with E-state index in [1.807, 2.05) is 0 Å². The van der Waals surface area contributed by atoms with Crippen LogP contribution in [0, 0.1) is 5.92 Å². The smallest absolute Gasteiger partial charge is 0.339 e. The molecule has 124 valence electrons. The molecule has 7 heteroatoms. The highest BCUT2D eigenvalue weighted by molar-refractivity contribution is 6.00. The largest absolute Gasteiger partial charge is 0.465 e. The van der Waals surface area contributed by atoms with Crippen molar-refractivity contribution in [2.45, 2.75) is 6.04 Å². The molecule has 7 nitrogen and oxygen atoms in total. The minimum Gasteiger partial charge on any atom is -0.465 e. The normalized spacial score (nSPS) is 22.1. The molecule has 0 fully saturated rings. The van der Waals surface area contributed by atoms with Crippen molar-refractivity contribution in [3.05, 3.63) is 60.5 Å². The summed E-state index contributed by atoms with van der Waals surface area (Å²) in [6.45, 7) is 7.07. The van der Waals surface area contributed by atoms with E-state index in [-0.39, 0.29) is 23.2 Å². The lowest BCUT2D eigenvalue weighted by atomic mass is 9.91. The van der Waals surface area contributed by atoms with Gasteiger partial charge in [0.15, 0.2) is 0 Å². The Bertz CT molecular complexity index is 713. The average molecular weight is 326 g/mol. The number of rotatable bonds is 6. The Labute approximate surface area is 139 Å². The number of hydrogen-bond acceptors (Lipinski definition) is 6. The Hall–Kier alpha value is -3.22. The fourth-order valence-electron chi connectivity index (χ4n) is 2.25. The van der Waals surface area contributed by atoms with Gasteiger partial charge < -0.3 is 15.5 Å². The SMILES string of the molecule is C=C/C=N\C(=C/C=C)C(=O)NC1=CC2C=NNC2C=C1C(=O)OC. The lowest BCUT2D eigenvalue weighted by molar-refractivity contribution is -0.135. The number of fused-ring (bicyclic) bond motifs is 1. The maximum absolute atomic E-state index is 12.4. The van der Waals surface area contributed by atoms with E-state index < -0.39 is 11.9 Å². The van der Waals surface area contributed by atoms with Gasteiger partial charge in [-0.05, 0) is 18.2 Å². The second-order valence-electron chi connectivity index (χ2n) is 4.92. The highest BCUT2D eigenvalue weighted by Crippen LogP contribution is 2.24. The molecule has 0 aromatic carbocycles. The molecular formula is C17H18N4O3. The Kier molecular flexibility index (Phi) is 5.62. The number of carbonyl (C=O) groups excluding carboxylic acids is 2. The second-order valence-corrected chi connectivity index (χ2v) is 4.92. The van der Waals surface area contributed by atoms with E-state index in [4.69, 9.17) is 4.74 Å². The van der Waals surface area contributed by atoms with Crippen molar-refractivity contribution in [2.24, 2.45) is 16.0 Å². The van der Waals surface area contributed by atoms with Gasteiger partial charge in [0, 0.05) is 18.3 Å². The third-order valence-corrected chi connectivity index (χ3v) is 3.36. The summed E-state index contributed by atoms with van der Waals surface area (Å²) in [6.07, 6.45) is 10.9. The van der Waals surface area contributed by atoms with E-state index in [1.54, 1.807) is 18.4 Å². The maximum atomic E-state index is 12.4. The van der Waals surface area contributed by atoms with Crippen molar-refractivity contribution in [1.29, 1.82) is 0 Å². The molecule has 24 heavy (non-hydrogen) atoms. The summed E-state index contributed by atoms with van der Waals surface area (Å²) in [5.41, 5.74) is 3.63. The van der Waals surface area contributed by atoms with Gasteiger partial charge in [0.2, 0.25) is 0 Å². The van der Waals surface area contributed by atoms with Crippen LogP contribution in [0.15, 0.2) is 70.6 Å². The summed E-state index contributed by atoms with van der Waals surface area (Å²) < 4.78 is 4.78. The first-order valence-electron chi connectivity index (χ1n) is 7.21. The summed E-state index contributed by atoms with van der Waals surface area (Å²) in [6, 6.07) is -0.137. The van der Waals surface area contributed by atoms with E-state index in [2.05, 4.69) is 34.0 Å². The number of esters is 1. The molecule has 1 heterocycles. The van der Waals surface area contributed by atoms with Gasteiger partial charge in [-0.1, -0.05) is 25.3 Å². The fourth-order valence-corrected chi connectivity index (χ4v) is 2.25. The Morgan fingerprint density at radius 2 is 2.17 bits per heavy atom. The van der Waals surface area contributed by atoms with E-state index in [0.29, 0.717) is 5.70 Å². The number of allylic oxidation sites excluding steroid dienone is 3. The minimum atomic E-state index is -0.544. The highest BCUT2D eigenvalue weighted by atomic mass is 16.5. The topological polar surface area (TPSA) is 92.1 Å². The monoisotopic (exact) mass is 326 g/mol. The summed E-state index contributed by atoms with van der Waals surface area (Å²) in [5, 5.41) is 6.67.